The number of aryl methyl sites for hydroxylation is 1. The third kappa shape index (κ3) is 3.84. The molecule has 5 rings (SSSR count). The van der Waals surface area contributed by atoms with Crippen LogP contribution in [0, 0.1) is 5.82 Å². The molecule has 2 aromatic carbocycles. The van der Waals surface area contributed by atoms with Gasteiger partial charge in [-0.15, -0.1) is 10.2 Å². The Balaban J connectivity index is 1.40. The van der Waals surface area contributed by atoms with Crippen molar-refractivity contribution < 1.29 is 9.18 Å². The van der Waals surface area contributed by atoms with E-state index in [0.717, 1.165) is 49.3 Å². The van der Waals surface area contributed by atoms with Gasteiger partial charge >= 0.3 is 0 Å². The summed E-state index contributed by atoms with van der Waals surface area (Å²) in [5.74, 6) is 0.710. The molecule has 1 aliphatic rings. The van der Waals surface area contributed by atoms with Crippen LogP contribution >= 0.6 is 0 Å². The molecule has 0 aliphatic carbocycles. The van der Waals surface area contributed by atoms with E-state index in [0.29, 0.717) is 11.4 Å². The standard InChI is InChI=1S/C23H21FN6O/c24-19-11-10-16(22-28-27-21-9-5-2-6-12-29(21)22)13-20(19)26-23(31)17-14-25-30(15-17)18-7-3-1-4-8-18/h1,3-4,7-8,10-11,13-15H,2,5-6,9,12H2,(H,26,31). The van der Waals surface area contributed by atoms with Gasteiger partial charge in [-0.2, -0.15) is 5.10 Å². The molecular formula is C23H21FN6O. The van der Waals surface area contributed by atoms with Crippen LogP contribution < -0.4 is 5.32 Å². The van der Waals surface area contributed by atoms with E-state index in [9.17, 15) is 9.18 Å². The zero-order valence-corrected chi connectivity index (χ0v) is 16.8. The normalized spacial score (nSPS) is 13.5. The summed E-state index contributed by atoms with van der Waals surface area (Å²) in [6.45, 7) is 0.843. The average Bonchev–Trinajstić information content (AvgIpc) is 3.38. The van der Waals surface area contributed by atoms with Crippen molar-refractivity contribution in [3.05, 3.63) is 78.1 Å². The second-order valence-electron chi connectivity index (χ2n) is 7.56. The molecule has 0 fully saturated rings. The Morgan fingerprint density at radius 2 is 1.90 bits per heavy atom. The molecule has 4 aromatic rings. The molecular weight excluding hydrogens is 395 g/mol. The van der Waals surface area contributed by atoms with Crippen molar-refractivity contribution in [1.29, 1.82) is 0 Å². The van der Waals surface area contributed by atoms with E-state index < -0.39 is 11.7 Å². The number of rotatable bonds is 4. The predicted molar refractivity (Wildman–Crippen MR) is 114 cm³/mol. The number of hydrogen-bond donors (Lipinski definition) is 1. The lowest BCUT2D eigenvalue weighted by molar-refractivity contribution is 0.102. The van der Waals surface area contributed by atoms with Crippen LogP contribution in [0.3, 0.4) is 0 Å². The van der Waals surface area contributed by atoms with Crippen molar-refractivity contribution in [2.45, 2.75) is 32.2 Å². The van der Waals surface area contributed by atoms with E-state index in [2.05, 4.69) is 25.2 Å². The lowest BCUT2D eigenvalue weighted by atomic mass is 10.1. The fraction of sp³-hybridized carbons (Fsp3) is 0.217. The van der Waals surface area contributed by atoms with Gasteiger partial charge in [0.2, 0.25) is 0 Å². The molecule has 0 spiro atoms. The molecule has 31 heavy (non-hydrogen) atoms. The molecule has 0 unspecified atom stereocenters. The number of amides is 1. The number of nitrogens with one attached hydrogen (secondary N) is 1. The van der Waals surface area contributed by atoms with Crippen molar-refractivity contribution in [3.63, 3.8) is 0 Å². The molecule has 8 heteroatoms. The Hall–Kier alpha value is -3.81. The summed E-state index contributed by atoms with van der Waals surface area (Å²) in [7, 11) is 0. The van der Waals surface area contributed by atoms with Gasteiger partial charge in [-0.05, 0) is 43.2 Å². The molecule has 0 radical (unpaired) electrons. The highest BCUT2D eigenvalue weighted by Crippen LogP contribution is 2.27. The number of benzene rings is 2. The topological polar surface area (TPSA) is 77.6 Å². The third-order valence-corrected chi connectivity index (χ3v) is 5.45. The molecule has 0 bridgehead atoms. The molecule has 156 valence electrons. The highest BCUT2D eigenvalue weighted by Gasteiger charge is 2.18. The zero-order chi connectivity index (χ0) is 21.2. The van der Waals surface area contributed by atoms with E-state index >= 15 is 0 Å². The second kappa shape index (κ2) is 8.14. The number of anilines is 1. The largest absolute Gasteiger partial charge is 0.319 e. The molecule has 3 heterocycles. The minimum Gasteiger partial charge on any atom is -0.319 e. The molecule has 1 amide bonds. The zero-order valence-electron chi connectivity index (χ0n) is 16.8. The number of hydrogen-bond acceptors (Lipinski definition) is 4. The Morgan fingerprint density at radius 3 is 2.77 bits per heavy atom. The van der Waals surface area contributed by atoms with Crippen LogP contribution in [0.5, 0.6) is 0 Å². The smallest absolute Gasteiger partial charge is 0.258 e. The second-order valence-corrected chi connectivity index (χ2v) is 7.56. The number of fused-ring (bicyclic) bond motifs is 1. The summed E-state index contributed by atoms with van der Waals surface area (Å²) in [5, 5.41) is 15.5. The molecule has 0 saturated heterocycles. The van der Waals surface area contributed by atoms with Gasteiger partial charge in [0.1, 0.15) is 11.6 Å². The SMILES string of the molecule is O=C(Nc1cc(-c2nnc3n2CCCCC3)ccc1F)c1cnn(-c2ccccc2)c1. The van der Waals surface area contributed by atoms with E-state index in [-0.39, 0.29) is 5.69 Å². The maximum Gasteiger partial charge on any atom is 0.258 e. The monoisotopic (exact) mass is 416 g/mol. The van der Waals surface area contributed by atoms with E-state index in [1.165, 1.54) is 12.3 Å². The van der Waals surface area contributed by atoms with Crippen LogP contribution in [0.15, 0.2) is 60.9 Å². The van der Waals surface area contributed by atoms with Gasteiger partial charge in [0, 0.05) is 24.7 Å². The highest BCUT2D eigenvalue weighted by atomic mass is 19.1. The number of nitrogens with zero attached hydrogens (tertiary/aromatic N) is 5. The van der Waals surface area contributed by atoms with Crippen LogP contribution in [-0.2, 0) is 13.0 Å². The number of aromatic nitrogens is 5. The van der Waals surface area contributed by atoms with Crippen LogP contribution in [0.4, 0.5) is 10.1 Å². The lowest BCUT2D eigenvalue weighted by Gasteiger charge is -2.10. The highest BCUT2D eigenvalue weighted by molar-refractivity contribution is 6.04. The fourth-order valence-electron chi connectivity index (χ4n) is 3.82. The molecule has 2 aromatic heterocycles. The maximum absolute atomic E-state index is 14.5. The first-order chi connectivity index (χ1) is 15.2. The first-order valence-corrected chi connectivity index (χ1v) is 10.3. The summed E-state index contributed by atoms with van der Waals surface area (Å²) in [6, 6.07) is 14.1. The lowest BCUT2D eigenvalue weighted by Crippen LogP contribution is -2.12. The number of carbonyl (C=O) groups excluding carboxylic acids is 1. The fourth-order valence-corrected chi connectivity index (χ4v) is 3.82. The Labute approximate surface area is 178 Å². The third-order valence-electron chi connectivity index (χ3n) is 5.45. The molecule has 1 aliphatic heterocycles. The van der Waals surface area contributed by atoms with Gasteiger partial charge in [0.05, 0.1) is 23.1 Å². The Bertz CT molecular complexity index is 1230. The van der Waals surface area contributed by atoms with E-state index in [1.54, 1.807) is 23.0 Å². The summed E-state index contributed by atoms with van der Waals surface area (Å²) >= 11 is 0. The Morgan fingerprint density at radius 1 is 1.03 bits per heavy atom. The van der Waals surface area contributed by atoms with Gasteiger partial charge in [0.15, 0.2) is 5.82 Å². The molecule has 0 atom stereocenters. The number of carbonyl (C=O) groups is 1. The van der Waals surface area contributed by atoms with Crippen LogP contribution in [-0.4, -0.2) is 30.5 Å². The summed E-state index contributed by atoms with van der Waals surface area (Å²) in [4.78, 5) is 12.7. The average molecular weight is 416 g/mol. The molecule has 0 saturated carbocycles. The predicted octanol–water partition coefficient (Wildman–Crippen LogP) is 4.25. The van der Waals surface area contributed by atoms with E-state index in [4.69, 9.17) is 0 Å². The molecule has 1 N–H and O–H groups in total. The van der Waals surface area contributed by atoms with Crippen molar-refractivity contribution >= 4 is 11.6 Å². The summed E-state index contributed by atoms with van der Waals surface area (Å²) < 4.78 is 18.2. The van der Waals surface area contributed by atoms with Gasteiger partial charge in [-0.3, -0.25) is 4.79 Å². The first-order valence-electron chi connectivity index (χ1n) is 10.3. The van der Waals surface area contributed by atoms with Crippen molar-refractivity contribution in [3.8, 4) is 17.1 Å². The van der Waals surface area contributed by atoms with Crippen molar-refractivity contribution in [2.75, 3.05) is 5.32 Å². The van der Waals surface area contributed by atoms with Crippen LogP contribution in [0.1, 0.15) is 35.4 Å². The molecule has 7 nitrogen and oxygen atoms in total. The number of para-hydroxylation sites is 1. The quantitative estimate of drug-likeness (QED) is 0.540. The first kappa shape index (κ1) is 19.2. The van der Waals surface area contributed by atoms with Gasteiger partial charge in [0.25, 0.3) is 5.91 Å². The summed E-state index contributed by atoms with van der Waals surface area (Å²) in [6.07, 6.45) is 7.29. The van der Waals surface area contributed by atoms with Crippen LogP contribution in [0.25, 0.3) is 17.1 Å². The van der Waals surface area contributed by atoms with Crippen molar-refractivity contribution in [1.82, 2.24) is 24.5 Å². The minimum absolute atomic E-state index is 0.0981. The summed E-state index contributed by atoms with van der Waals surface area (Å²) in [5.41, 5.74) is 1.99. The van der Waals surface area contributed by atoms with Gasteiger partial charge in [-0.25, -0.2) is 9.07 Å². The maximum atomic E-state index is 14.5. The van der Waals surface area contributed by atoms with Gasteiger partial charge < -0.3 is 9.88 Å². The van der Waals surface area contributed by atoms with E-state index in [1.807, 2.05) is 30.3 Å². The van der Waals surface area contributed by atoms with Crippen molar-refractivity contribution in [2.24, 2.45) is 0 Å². The van der Waals surface area contributed by atoms with Crippen LogP contribution in [0.2, 0.25) is 0 Å². The minimum atomic E-state index is -0.511. The Kier molecular flexibility index (Phi) is 5.03. The number of halogens is 1. The van der Waals surface area contributed by atoms with Gasteiger partial charge in [-0.1, -0.05) is 24.6 Å².